The van der Waals surface area contributed by atoms with Crippen LogP contribution in [0.1, 0.15) is 26.0 Å². The Balaban J connectivity index is 1.86. The average molecular weight is 434 g/mol. The Bertz CT molecular complexity index is 1090. The Morgan fingerprint density at radius 2 is 1.90 bits per heavy atom. The van der Waals surface area contributed by atoms with Gasteiger partial charge in [-0.05, 0) is 66.4 Å². The molecule has 0 bridgehead atoms. The molecule has 0 radical (unpaired) electrons. The van der Waals surface area contributed by atoms with Gasteiger partial charge < -0.3 is 10.1 Å². The molecule has 8 heteroatoms. The minimum atomic E-state index is -3.84. The number of amides is 1. The number of sulfone groups is 1. The molecule has 29 heavy (non-hydrogen) atoms. The van der Waals surface area contributed by atoms with Crippen LogP contribution in [0.15, 0.2) is 64.9 Å². The molecule has 0 spiro atoms. The van der Waals surface area contributed by atoms with E-state index in [1.54, 1.807) is 41.8 Å². The molecule has 1 atom stereocenters. The number of aryl methyl sites for hydroxylation is 1. The van der Waals surface area contributed by atoms with Crippen molar-refractivity contribution in [1.82, 2.24) is 5.32 Å². The maximum absolute atomic E-state index is 13.6. The van der Waals surface area contributed by atoms with Crippen molar-refractivity contribution in [1.29, 1.82) is 0 Å². The van der Waals surface area contributed by atoms with Gasteiger partial charge in [0.1, 0.15) is 16.8 Å². The van der Waals surface area contributed by atoms with Gasteiger partial charge in [0.25, 0.3) is 5.91 Å². The van der Waals surface area contributed by atoms with Crippen LogP contribution < -0.4 is 10.1 Å². The van der Waals surface area contributed by atoms with Gasteiger partial charge in [-0.2, -0.15) is 0 Å². The number of thiophene rings is 1. The van der Waals surface area contributed by atoms with Gasteiger partial charge in [0.15, 0.2) is 9.84 Å². The van der Waals surface area contributed by atoms with Crippen LogP contribution in [0.3, 0.4) is 0 Å². The molecule has 1 aromatic heterocycles. The Labute approximate surface area is 173 Å². The van der Waals surface area contributed by atoms with Crippen LogP contribution in [0.2, 0.25) is 0 Å². The zero-order chi connectivity index (χ0) is 21.0. The number of hydrogen-bond donors (Lipinski definition) is 1. The zero-order valence-electron chi connectivity index (χ0n) is 15.9. The molecule has 0 aliphatic carbocycles. The third-order valence-corrected chi connectivity index (χ3v) is 7.71. The van der Waals surface area contributed by atoms with Crippen molar-refractivity contribution >= 4 is 27.1 Å². The van der Waals surface area contributed by atoms with Crippen LogP contribution in [-0.4, -0.2) is 28.0 Å². The van der Waals surface area contributed by atoms with E-state index in [-0.39, 0.29) is 22.9 Å². The van der Waals surface area contributed by atoms with E-state index in [0.29, 0.717) is 16.2 Å². The number of nitrogens with one attached hydrogen (secondary N) is 1. The fraction of sp³-hybridized carbons (Fsp3) is 0.190. The van der Waals surface area contributed by atoms with E-state index in [1.165, 1.54) is 37.5 Å². The number of methoxy groups -OCH3 is 1. The van der Waals surface area contributed by atoms with Crippen LogP contribution >= 0.6 is 11.3 Å². The Hall–Kier alpha value is -2.71. The summed E-state index contributed by atoms with van der Waals surface area (Å²) >= 11 is 1.29. The zero-order valence-corrected chi connectivity index (χ0v) is 17.5. The van der Waals surface area contributed by atoms with Crippen LogP contribution in [-0.2, 0) is 9.84 Å². The third kappa shape index (κ3) is 4.65. The molecule has 0 saturated carbocycles. The summed E-state index contributed by atoms with van der Waals surface area (Å²) in [5.74, 6) is -0.239. The summed E-state index contributed by atoms with van der Waals surface area (Å²) in [5.41, 5.74) is 0.643. The maximum Gasteiger partial charge on any atom is 0.251 e. The molecule has 1 N–H and O–H groups in total. The van der Waals surface area contributed by atoms with Gasteiger partial charge in [0, 0.05) is 17.0 Å². The molecule has 0 aliphatic rings. The second kappa shape index (κ2) is 8.75. The van der Waals surface area contributed by atoms with Crippen molar-refractivity contribution in [3.05, 3.63) is 81.8 Å². The lowest BCUT2D eigenvalue weighted by Crippen LogP contribution is -2.31. The second-order valence-electron chi connectivity index (χ2n) is 6.40. The number of hydrogen-bond acceptors (Lipinski definition) is 5. The first-order valence-electron chi connectivity index (χ1n) is 8.78. The molecule has 0 unspecified atom stereocenters. The number of rotatable bonds is 7. The number of benzene rings is 2. The fourth-order valence-corrected chi connectivity index (χ4v) is 5.69. The first-order chi connectivity index (χ1) is 13.8. The van der Waals surface area contributed by atoms with Crippen molar-refractivity contribution in [2.45, 2.75) is 17.1 Å². The Morgan fingerprint density at radius 3 is 2.48 bits per heavy atom. The van der Waals surface area contributed by atoms with Gasteiger partial charge in [0.2, 0.25) is 0 Å². The summed E-state index contributed by atoms with van der Waals surface area (Å²) in [4.78, 5) is 13.1. The minimum absolute atomic E-state index is 0.0218. The molecule has 1 heterocycles. The van der Waals surface area contributed by atoms with Crippen LogP contribution in [0, 0.1) is 12.7 Å². The highest BCUT2D eigenvalue weighted by atomic mass is 32.2. The summed E-state index contributed by atoms with van der Waals surface area (Å²) in [5, 5.41) is 3.50. The second-order valence-corrected chi connectivity index (χ2v) is 9.51. The maximum atomic E-state index is 13.6. The van der Waals surface area contributed by atoms with Gasteiger partial charge >= 0.3 is 0 Å². The Kier molecular flexibility index (Phi) is 6.34. The SMILES string of the molecule is COc1ccc(C(=O)NC[C@H](c2cccs2)S(=O)(=O)c2ccc(F)c(C)c2)cc1. The molecule has 2 aromatic carbocycles. The van der Waals surface area contributed by atoms with Crippen LogP contribution in [0.5, 0.6) is 5.75 Å². The molecule has 3 rings (SSSR count). The number of halogens is 1. The standard InChI is InChI=1S/C21H20FNO4S2/c1-14-12-17(9-10-18(14)22)29(25,26)20(19-4-3-11-28-19)13-23-21(24)15-5-7-16(27-2)8-6-15/h3-12,20H,13H2,1-2H3,(H,23,24)/t20-/m1/s1. The fourth-order valence-electron chi connectivity index (χ4n) is 2.83. The van der Waals surface area contributed by atoms with E-state index >= 15 is 0 Å². The monoisotopic (exact) mass is 433 g/mol. The van der Waals surface area contributed by atoms with Crippen molar-refractivity contribution in [2.75, 3.05) is 13.7 Å². The quantitative estimate of drug-likeness (QED) is 0.568. The van der Waals surface area contributed by atoms with Crippen molar-refractivity contribution in [3.8, 4) is 5.75 Å². The summed E-state index contributed by atoms with van der Waals surface area (Å²) < 4.78 is 45.2. The van der Waals surface area contributed by atoms with E-state index in [0.717, 1.165) is 6.07 Å². The summed E-state index contributed by atoms with van der Waals surface area (Å²) in [6, 6.07) is 13.7. The Morgan fingerprint density at radius 1 is 1.17 bits per heavy atom. The van der Waals surface area contributed by atoms with Crippen molar-refractivity contribution in [2.24, 2.45) is 0 Å². The first-order valence-corrected chi connectivity index (χ1v) is 11.2. The van der Waals surface area contributed by atoms with Crippen LogP contribution in [0.4, 0.5) is 4.39 Å². The number of ether oxygens (including phenoxy) is 1. The molecule has 152 valence electrons. The lowest BCUT2D eigenvalue weighted by Gasteiger charge is -2.18. The van der Waals surface area contributed by atoms with E-state index in [4.69, 9.17) is 4.74 Å². The predicted octanol–water partition coefficient (Wildman–Crippen LogP) is 4.15. The largest absolute Gasteiger partial charge is 0.497 e. The smallest absolute Gasteiger partial charge is 0.251 e. The van der Waals surface area contributed by atoms with Gasteiger partial charge in [-0.1, -0.05) is 6.07 Å². The number of carbonyl (C=O) groups excluding carboxylic acids is 1. The normalized spacial score (nSPS) is 12.4. The molecule has 0 saturated heterocycles. The molecular weight excluding hydrogens is 413 g/mol. The highest BCUT2D eigenvalue weighted by molar-refractivity contribution is 7.91. The molecule has 0 aliphatic heterocycles. The van der Waals surface area contributed by atoms with E-state index in [2.05, 4.69) is 5.32 Å². The van der Waals surface area contributed by atoms with Crippen LogP contribution in [0.25, 0.3) is 0 Å². The average Bonchev–Trinajstić information content (AvgIpc) is 3.24. The summed E-state index contributed by atoms with van der Waals surface area (Å²) in [6.45, 7) is 1.41. The van der Waals surface area contributed by atoms with Gasteiger partial charge in [-0.3, -0.25) is 4.79 Å². The van der Waals surface area contributed by atoms with E-state index < -0.39 is 20.9 Å². The van der Waals surface area contributed by atoms with Crippen molar-refractivity contribution < 1.29 is 22.3 Å². The molecule has 5 nitrogen and oxygen atoms in total. The lowest BCUT2D eigenvalue weighted by atomic mass is 10.2. The molecule has 0 fully saturated rings. The lowest BCUT2D eigenvalue weighted by molar-refractivity contribution is 0.0953. The van der Waals surface area contributed by atoms with E-state index in [9.17, 15) is 17.6 Å². The molecule has 1 amide bonds. The summed E-state index contributed by atoms with van der Waals surface area (Å²) in [7, 11) is -2.31. The van der Waals surface area contributed by atoms with Gasteiger partial charge in [0.05, 0.1) is 12.0 Å². The van der Waals surface area contributed by atoms with Gasteiger partial charge in [-0.15, -0.1) is 11.3 Å². The van der Waals surface area contributed by atoms with Crippen molar-refractivity contribution in [3.63, 3.8) is 0 Å². The molecular formula is C21H20FNO4S2. The minimum Gasteiger partial charge on any atom is -0.497 e. The third-order valence-electron chi connectivity index (χ3n) is 4.49. The topological polar surface area (TPSA) is 72.5 Å². The number of carbonyl (C=O) groups is 1. The van der Waals surface area contributed by atoms with Gasteiger partial charge in [-0.25, -0.2) is 12.8 Å². The highest BCUT2D eigenvalue weighted by Crippen LogP contribution is 2.32. The van der Waals surface area contributed by atoms with E-state index in [1.807, 2.05) is 0 Å². The molecule has 3 aromatic rings. The first kappa shape index (κ1) is 21.0. The summed E-state index contributed by atoms with van der Waals surface area (Å²) in [6.07, 6.45) is 0. The highest BCUT2D eigenvalue weighted by Gasteiger charge is 2.31. The predicted molar refractivity (Wildman–Crippen MR) is 111 cm³/mol.